The van der Waals surface area contributed by atoms with Crippen molar-refractivity contribution in [3.63, 3.8) is 0 Å². The number of hydrogen-bond acceptors (Lipinski definition) is 3. The maximum atomic E-state index is 17.1. The fourth-order valence-electron chi connectivity index (χ4n) is 4.97. The molecule has 2 aromatic rings. The first-order valence-electron chi connectivity index (χ1n) is 11.3. The number of nitrogens with one attached hydrogen (secondary N) is 1. The maximum Gasteiger partial charge on any atom is 0.253 e. The fraction of sp³-hybridized carbons (Fsp3) is 0.400. The Hall–Kier alpha value is -1.66. The SMILES string of the molecule is BC(B)(NCc1ccc(C)cn1)C1(F)CCN(C(=O)c2ccc(F)c(Cl)c2)C(B)(B)C1(B)B. The summed E-state index contributed by atoms with van der Waals surface area (Å²) in [4.78, 5) is 19.5. The second-order valence-electron chi connectivity index (χ2n) is 10.6. The minimum absolute atomic E-state index is 0.107. The van der Waals surface area contributed by atoms with Crippen LogP contribution in [0.4, 0.5) is 8.78 Å². The molecule has 0 radical (unpaired) electrons. The number of benzene rings is 1. The molecule has 1 saturated heterocycles. The Balaban J connectivity index is 1.87. The number of rotatable bonds is 5. The summed E-state index contributed by atoms with van der Waals surface area (Å²) in [5, 5.41) is 0.631. The molecule has 0 bridgehead atoms. The normalized spacial score (nSPS) is 22.1. The lowest BCUT2D eigenvalue weighted by atomic mass is 9.23. The summed E-state index contributed by atoms with van der Waals surface area (Å²) in [6.07, 6.45) is 1.96. The molecule has 1 aromatic carbocycles. The molecule has 0 aliphatic carbocycles. The highest BCUT2D eigenvalue weighted by Gasteiger charge is 2.64. The predicted octanol–water partition coefficient (Wildman–Crippen LogP) is -2.25. The van der Waals surface area contributed by atoms with E-state index in [-0.39, 0.29) is 23.9 Å². The van der Waals surface area contributed by atoms with Gasteiger partial charge in [-0.2, -0.15) is 0 Å². The molecule has 1 unspecified atom stereocenters. The zero-order chi connectivity index (χ0) is 24.8. The van der Waals surface area contributed by atoms with Gasteiger partial charge in [-0.3, -0.25) is 9.78 Å². The standard InChI is InChI=1S/C20H28B6ClF2N3O/c1-11-2-4-13(30-9-11)10-31-19(23,24)17(29)6-7-32(20(25,26)18(17,21)22)16(33)12-3-5-15(28)14(27)8-12/h2-5,8-9,31H,6-7,10,21-26H2,1H3. The Labute approximate surface area is 205 Å². The number of nitrogens with zero attached hydrogens (tertiary/aromatic N) is 2. The van der Waals surface area contributed by atoms with E-state index < -0.39 is 27.4 Å². The van der Waals surface area contributed by atoms with Crippen molar-refractivity contribution < 1.29 is 13.6 Å². The van der Waals surface area contributed by atoms with Crippen molar-refractivity contribution >= 4 is 64.6 Å². The average molecular weight is 465 g/mol. The maximum absolute atomic E-state index is 17.1. The van der Waals surface area contributed by atoms with E-state index in [2.05, 4.69) is 10.3 Å². The number of alkyl halides is 1. The number of amides is 1. The second-order valence-corrected chi connectivity index (χ2v) is 11.0. The van der Waals surface area contributed by atoms with E-state index in [1.54, 1.807) is 11.1 Å². The van der Waals surface area contributed by atoms with Crippen LogP contribution in [0.15, 0.2) is 36.5 Å². The Morgan fingerprint density at radius 2 is 1.91 bits per heavy atom. The molecular formula is C20H28B6ClF2N3O. The van der Waals surface area contributed by atoms with Crippen molar-refractivity contribution in [2.24, 2.45) is 0 Å². The second kappa shape index (κ2) is 8.84. The summed E-state index contributed by atoms with van der Waals surface area (Å²) in [5.41, 5.74) is 0.572. The summed E-state index contributed by atoms with van der Waals surface area (Å²) in [6.45, 7) is 2.64. The van der Waals surface area contributed by atoms with Crippen LogP contribution in [0, 0.1) is 12.7 Å². The Bertz CT molecular complexity index is 1060. The summed E-state index contributed by atoms with van der Waals surface area (Å²) in [6, 6.07) is 7.86. The van der Waals surface area contributed by atoms with E-state index in [0.29, 0.717) is 12.1 Å². The smallest absolute Gasteiger partial charge is 0.253 e. The number of halogens is 3. The van der Waals surface area contributed by atoms with Crippen LogP contribution in [0.1, 0.15) is 28.0 Å². The van der Waals surface area contributed by atoms with Crippen LogP contribution in [-0.2, 0) is 6.54 Å². The van der Waals surface area contributed by atoms with Gasteiger partial charge in [0.2, 0.25) is 0 Å². The third kappa shape index (κ3) is 4.41. The predicted molar refractivity (Wildman–Crippen MR) is 146 cm³/mol. The number of hydrogen-bond donors (Lipinski definition) is 1. The first-order chi connectivity index (χ1) is 15.1. The summed E-state index contributed by atoms with van der Waals surface area (Å²) < 4.78 is 30.7. The highest BCUT2D eigenvalue weighted by Crippen LogP contribution is 2.54. The first-order valence-corrected chi connectivity index (χ1v) is 11.6. The largest absolute Gasteiger partial charge is 0.349 e. The molecule has 4 nitrogen and oxygen atoms in total. The van der Waals surface area contributed by atoms with Crippen molar-refractivity contribution in [1.29, 1.82) is 0 Å². The topological polar surface area (TPSA) is 45.2 Å². The lowest BCUT2D eigenvalue weighted by molar-refractivity contribution is -0.00214. The van der Waals surface area contributed by atoms with Crippen LogP contribution in [0.3, 0.4) is 0 Å². The van der Waals surface area contributed by atoms with Crippen molar-refractivity contribution in [2.45, 2.75) is 41.4 Å². The van der Waals surface area contributed by atoms with Gasteiger partial charge in [0.15, 0.2) is 0 Å². The van der Waals surface area contributed by atoms with Crippen LogP contribution in [0.2, 0.25) is 10.2 Å². The van der Waals surface area contributed by atoms with Crippen LogP contribution >= 0.6 is 11.6 Å². The van der Waals surface area contributed by atoms with Crippen molar-refractivity contribution in [3.05, 3.63) is 64.2 Å². The van der Waals surface area contributed by atoms with Crippen LogP contribution < -0.4 is 5.32 Å². The third-order valence-electron chi connectivity index (χ3n) is 7.96. The van der Waals surface area contributed by atoms with Gasteiger partial charge in [0, 0.05) is 24.8 Å². The quantitative estimate of drug-likeness (QED) is 0.509. The lowest BCUT2D eigenvalue weighted by Crippen LogP contribution is -2.78. The van der Waals surface area contributed by atoms with E-state index >= 15 is 4.39 Å². The van der Waals surface area contributed by atoms with Gasteiger partial charge in [0.25, 0.3) is 5.91 Å². The van der Waals surface area contributed by atoms with Crippen molar-refractivity contribution in [3.8, 4) is 0 Å². The van der Waals surface area contributed by atoms with Gasteiger partial charge >= 0.3 is 0 Å². The molecule has 1 aliphatic rings. The van der Waals surface area contributed by atoms with Crippen LogP contribution in [0.5, 0.6) is 0 Å². The highest BCUT2D eigenvalue weighted by atomic mass is 35.5. The molecule has 1 N–H and O–H groups in total. The number of carbonyl (C=O) groups is 1. The lowest BCUT2D eigenvalue weighted by Gasteiger charge is -2.65. The first kappa shape index (κ1) is 26.0. The Kier molecular flexibility index (Phi) is 6.96. The van der Waals surface area contributed by atoms with Crippen molar-refractivity contribution in [2.75, 3.05) is 6.54 Å². The number of pyridine rings is 1. The van der Waals surface area contributed by atoms with E-state index in [9.17, 15) is 9.18 Å². The minimum Gasteiger partial charge on any atom is -0.349 e. The van der Waals surface area contributed by atoms with Gasteiger partial charge in [-0.15, -0.1) is 0 Å². The summed E-state index contributed by atoms with van der Waals surface area (Å²) >= 11 is 5.90. The van der Waals surface area contributed by atoms with Gasteiger partial charge in [0.1, 0.15) is 58.6 Å². The fourth-order valence-corrected chi connectivity index (χ4v) is 5.15. The Morgan fingerprint density at radius 1 is 1.24 bits per heavy atom. The number of aryl methyl sites for hydroxylation is 1. The number of likely N-dealkylation sites (tertiary alicyclic amines) is 1. The third-order valence-corrected chi connectivity index (χ3v) is 8.25. The molecule has 2 heterocycles. The Morgan fingerprint density at radius 3 is 2.48 bits per heavy atom. The average Bonchev–Trinajstić information content (AvgIpc) is 2.73. The van der Waals surface area contributed by atoms with Crippen LogP contribution in [-0.4, -0.2) is 85.8 Å². The molecule has 1 fully saturated rings. The molecule has 3 rings (SSSR count). The molecule has 0 saturated carbocycles. The van der Waals surface area contributed by atoms with Gasteiger partial charge < -0.3 is 10.2 Å². The molecule has 168 valence electrons. The molecule has 1 amide bonds. The van der Waals surface area contributed by atoms with Gasteiger partial charge in [-0.1, -0.05) is 17.7 Å². The van der Waals surface area contributed by atoms with Gasteiger partial charge in [0.05, 0.1) is 10.7 Å². The number of carbonyl (C=O) groups excluding carboxylic acids is 1. The molecule has 13 heteroatoms. The van der Waals surface area contributed by atoms with E-state index in [1.807, 2.05) is 66.1 Å². The summed E-state index contributed by atoms with van der Waals surface area (Å²) in [7, 11) is 11.3. The molecule has 0 spiro atoms. The zero-order valence-corrected chi connectivity index (χ0v) is 21.3. The highest BCUT2D eigenvalue weighted by molar-refractivity contribution is 6.57. The zero-order valence-electron chi connectivity index (χ0n) is 20.5. The van der Waals surface area contributed by atoms with E-state index in [1.165, 1.54) is 18.2 Å². The molecular weight excluding hydrogens is 437 g/mol. The van der Waals surface area contributed by atoms with Crippen LogP contribution in [0.25, 0.3) is 0 Å². The monoisotopic (exact) mass is 465 g/mol. The van der Waals surface area contributed by atoms with E-state index in [0.717, 1.165) is 11.3 Å². The van der Waals surface area contributed by atoms with Gasteiger partial charge in [-0.25, -0.2) is 8.78 Å². The van der Waals surface area contributed by atoms with Gasteiger partial charge in [-0.05, 0) is 59.1 Å². The molecule has 1 atom stereocenters. The number of piperidine rings is 1. The minimum atomic E-state index is -1.63. The molecule has 33 heavy (non-hydrogen) atoms. The molecule has 1 aromatic heterocycles. The summed E-state index contributed by atoms with van der Waals surface area (Å²) in [5.74, 6) is -0.864. The van der Waals surface area contributed by atoms with E-state index in [4.69, 9.17) is 11.6 Å². The number of aromatic nitrogens is 1. The molecule has 1 aliphatic heterocycles. The van der Waals surface area contributed by atoms with Crippen molar-refractivity contribution in [1.82, 2.24) is 15.2 Å².